The summed E-state index contributed by atoms with van der Waals surface area (Å²) in [6, 6.07) is 3.95. The molecule has 0 saturated heterocycles. The summed E-state index contributed by atoms with van der Waals surface area (Å²) in [7, 11) is 0. The molecular formula is C15H15N3O3S. The maximum atomic E-state index is 12.1. The summed E-state index contributed by atoms with van der Waals surface area (Å²) in [5.74, 6) is -0.354. The summed E-state index contributed by atoms with van der Waals surface area (Å²) in [6.07, 6.45) is 3.29. The van der Waals surface area contributed by atoms with Gasteiger partial charge in [-0.25, -0.2) is 4.79 Å². The van der Waals surface area contributed by atoms with Crippen LogP contribution in [0.3, 0.4) is 0 Å². The Labute approximate surface area is 129 Å². The van der Waals surface area contributed by atoms with E-state index in [-0.39, 0.29) is 17.8 Å². The Morgan fingerprint density at radius 3 is 2.82 bits per heavy atom. The molecule has 0 aromatic carbocycles. The highest BCUT2D eigenvalue weighted by Gasteiger charge is 2.18. The van der Waals surface area contributed by atoms with Gasteiger partial charge in [-0.15, -0.1) is 11.3 Å². The van der Waals surface area contributed by atoms with Crippen molar-refractivity contribution in [3.8, 4) is 0 Å². The van der Waals surface area contributed by atoms with Gasteiger partial charge in [0, 0.05) is 9.75 Å². The molecule has 2 N–H and O–H groups in total. The van der Waals surface area contributed by atoms with Crippen molar-refractivity contribution >= 4 is 22.8 Å². The van der Waals surface area contributed by atoms with Crippen LogP contribution in [0.15, 0.2) is 26.7 Å². The molecule has 0 spiro atoms. The Balaban J connectivity index is 2.21. The lowest BCUT2D eigenvalue weighted by Crippen LogP contribution is -2.51. The van der Waals surface area contributed by atoms with Crippen molar-refractivity contribution in [1.82, 2.24) is 9.97 Å². The molecule has 6 nitrogen and oxygen atoms in total. The Kier molecular flexibility index (Phi) is 3.89. The van der Waals surface area contributed by atoms with Crippen LogP contribution in [0.2, 0.25) is 0 Å². The second-order valence-corrected chi connectivity index (χ2v) is 6.33. The fourth-order valence-electron chi connectivity index (χ4n) is 2.48. The lowest BCUT2D eigenvalue weighted by molar-refractivity contribution is -0.117. The van der Waals surface area contributed by atoms with Gasteiger partial charge in [0.1, 0.15) is 0 Å². The molecule has 114 valence electrons. The zero-order valence-electron chi connectivity index (χ0n) is 12.1. The summed E-state index contributed by atoms with van der Waals surface area (Å²) in [4.78, 5) is 45.7. The molecule has 0 unspecified atom stereocenters. The molecule has 3 rings (SSSR count). The Hall–Kier alpha value is -2.28. The third-order valence-electron chi connectivity index (χ3n) is 3.52. The summed E-state index contributed by atoms with van der Waals surface area (Å²) in [5, 5.41) is 0.295. The van der Waals surface area contributed by atoms with Crippen molar-refractivity contribution in [2.24, 2.45) is 4.99 Å². The second kappa shape index (κ2) is 5.84. The van der Waals surface area contributed by atoms with E-state index in [1.807, 2.05) is 12.1 Å². The first kappa shape index (κ1) is 14.6. The molecule has 0 fully saturated rings. The average Bonchev–Trinajstić information content (AvgIpc) is 2.92. The highest BCUT2D eigenvalue weighted by molar-refractivity contribution is 7.13. The smallest absolute Gasteiger partial charge is 0.291 e. The van der Waals surface area contributed by atoms with Crippen LogP contribution in [-0.4, -0.2) is 15.9 Å². The van der Waals surface area contributed by atoms with Gasteiger partial charge in [-0.2, -0.15) is 4.99 Å². The number of carbonyl (C=O) groups is 1. The molecule has 0 aliphatic carbocycles. The number of carbonyl (C=O) groups excluding carboxylic acids is 1. The molecular weight excluding hydrogens is 302 g/mol. The van der Waals surface area contributed by atoms with Gasteiger partial charge in [0.15, 0.2) is 5.49 Å². The number of rotatable bonds is 4. The first-order chi connectivity index (χ1) is 10.6. The van der Waals surface area contributed by atoms with Crippen LogP contribution in [-0.2, 0) is 11.2 Å². The van der Waals surface area contributed by atoms with E-state index in [0.717, 1.165) is 24.1 Å². The van der Waals surface area contributed by atoms with E-state index < -0.39 is 11.2 Å². The molecule has 0 saturated carbocycles. The molecule has 1 aliphatic rings. The van der Waals surface area contributed by atoms with Gasteiger partial charge >= 0.3 is 5.69 Å². The average molecular weight is 317 g/mol. The van der Waals surface area contributed by atoms with Gasteiger partial charge < -0.3 is 0 Å². The molecule has 7 heteroatoms. The van der Waals surface area contributed by atoms with E-state index in [0.29, 0.717) is 10.8 Å². The van der Waals surface area contributed by atoms with Crippen LogP contribution in [0.5, 0.6) is 0 Å². The topological polar surface area (TPSA) is 95.2 Å². The highest BCUT2D eigenvalue weighted by Crippen LogP contribution is 2.26. The van der Waals surface area contributed by atoms with Crippen LogP contribution in [0.1, 0.15) is 35.9 Å². The fraction of sp³-hybridized carbons (Fsp3) is 0.333. The van der Waals surface area contributed by atoms with E-state index in [4.69, 9.17) is 0 Å². The van der Waals surface area contributed by atoms with Crippen LogP contribution in [0.25, 0.3) is 5.57 Å². The van der Waals surface area contributed by atoms with Gasteiger partial charge in [0.05, 0.1) is 11.6 Å². The van der Waals surface area contributed by atoms with Crippen molar-refractivity contribution in [3.05, 3.63) is 53.4 Å². The molecule has 3 heterocycles. The number of hydrogen-bond donors (Lipinski definition) is 2. The van der Waals surface area contributed by atoms with Crippen molar-refractivity contribution in [2.75, 3.05) is 0 Å². The number of unbranched alkanes of at least 4 members (excludes halogenated alkanes) is 1. The molecule has 2 aromatic heterocycles. The number of nitrogens with zero attached hydrogens (tertiary/aromatic N) is 1. The minimum absolute atomic E-state index is 0.0588. The van der Waals surface area contributed by atoms with E-state index in [2.05, 4.69) is 21.9 Å². The maximum absolute atomic E-state index is 12.1. The fourth-order valence-corrected chi connectivity index (χ4v) is 3.58. The van der Waals surface area contributed by atoms with Gasteiger partial charge in [-0.05, 0) is 30.5 Å². The number of amides is 1. The summed E-state index contributed by atoms with van der Waals surface area (Å²) < 4.78 is 0. The third kappa shape index (κ3) is 2.71. The minimum atomic E-state index is -0.656. The standard InChI is InChI=1S/C15H15N3O3S/c1-2-3-4-8-5-6-10(22-8)9-7-11(19)16-13-12(9)14(20)18-15(21)17-13/h5-6H,2-4,7H2,1H3,(H2,16,17,18,19,20,21). The van der Waals surface area contributed by atoms with Crippen molar-refractivity contribution in [2.45, 2.75) is 32.6 Å². The number of thiophene rings is 1. The largest absolute Gasteiger partial charge is 0.327 e. The van der Waals surface area contributed by atoms with Gasteiger partial charge in [-0.3, -0.25) is 19.6 Å². The first-order valence-corrected chi connectivity index (χ1v) is 7.96. The number of hydrogen-bond acceptors (Lipinski definition) is 4. The van der Waals surface area contributed by atoms with Crippen LogP contribution in [0.4, 0.5) is 0 Å². The number of aryl methyl sites for hydroxylation is 1. The van der Waals surface area contributed by atoms with E-state index in [9.17, 15) is 14.4 Å². The lowest BCUT2D eigenvalue weighted by Gasteiger charge is -2.06. The monoisotopic (exact) mass is 317 g/mol. The summed E-state index contributed by atoms with van der Waals surface area (Å²) in [6.45, 7) is 2.14. The first-order valence-electron chi connectivity index (χ1n) is 7.15. The Morgan fingerprint density at radius 2 is 2.05 bits per heavy atom. The maximum Gasteiger partial charge on any atom is 0.327 e. The molecule has 2 aromatic rings. The van der Waals surface area contributed by atoms with Crippen LogP contribution >= 0.6 is 11.3 Å². The highest BCUT2D eigenvalue weighted by atomic mass is 32.1. The number of nitrogens with one attached hydrogen (secondary N) is 2. The van der Waals surface area contributed by atoms with Crippen molar-refractivity contribution < 1.29 is 4.79 Å². The SMILES string of the molecule is CCCCc1ccc(C2=c3c(=O)[nH]c(=O)[nH]c3=NC(=O)C2)s1. The molecule has 1 aliphatic heterocycles. The van der Waals surface area contributed by atoms with Crippen LogP contribution < -0.4 is 22.0 Å². The number of aromatic nitrogens is 2. The number of aromatic amines is 2. The van der Waals surface area contributed by atoms with Crippen molar-refractivity contribution in [3.63, 3.8) is 0 Å². The molecule has 0 radical (unpaired) electrons. The van der Waals surface area contributed by atoms with Gasteiger partial charge in [0.2, 0.25) is 0 Å². The zero-order valence-corrected chi connectivity index (χ0v) is 12.9. The predicted octanol–water partition coefficient (Wildman–Crippen LogP) is 0.216. The molecule has 1 amide bonds. The van der Waals surface area contributed by atoms with Crippen molar-refractivity contribution in [1.29, 1.82) is 0 Å². The second-order valence-electron chi connectivity index (χ2n) is 5.16. The molecule has 0 atom stereocenters. The summed E-state index contributed by atoms with van der Waals surface area (Å²) in [5.41, 5.74) is -0.464. The lowest BCUT2D eigenvalue weighted by atomic mass is 10.1. The quantitative estimate of drug-likeness (QED) is 0.844. The minimum Gasteiger partial charge on any atom is -0.291 e. The summed E-state index contributed by atoms with van der Waals surface area (Å²) >= 11 is 1.58. The predicted molar refractivity (Wildman–Crippen MR) is 83.5 cm³/mol. The van der Waals surface area contributed by atoms with E-state index in [1.54, 1.807) is 11.3 Å². The Morgan fingerprint density at radius 1 is 1.23 bits per heavy atom. The van der Waals surface area contributed by atoms with Gasteiger partial charge in [-0.1, -0.05) is 13.3 Å². The zero-order chi connectivity index (χ0) is 15.7. The van der Waals surface area contributed by atoms with E-state index in [1.165, 1.54) is 4.88 Å². The molecule has 0 bridgehead atoms. The number of fused-ring (bicyclic) bond motifs is 1. The molecule has 22 heavy (non-hydrogen) atoms. The third-order valence-corrected chi connectivity index (χ3v) is 4.73. The number of H-pyrrole nitrogens is 2. The van der Waals surface area contributed by atoms with Crippen LogP contribution in [0, 0.1) is 0 Å². The van der Waals surface area contributed by atoms with Gasteiger partial charge in [0.25, 0.3) is 11.5 Å². The Bertz CT molecular complexity index is 965. The van der Waals surface area contributed by atoms with E-state index >= 15 is 0 Å². The normalized spacial score (nSPS) is 13.9.